The Bertz CT molecular complexity index is 1210. The molecule has 0 N–H and O–H groups in total. The highest BCUT2D eigenvalue weighted by molar-refractivity contribution is 5.88. The van der Waals surface area contributed by atoms with Gasteiger partial charge in [-0.1, -0.05) is 91.5 Å². The Morgan fingerprint density at radius 1 is 0.736 bits per heavy atom. The van der Waals surface area contributed by atoms with Gasteiger partial charge in [-0.25, -0.2) is 19.3 Å². The number of allylic oxidation sites excluding steroid dienone is 3. The monoisotopic (exact) mass is 741 g/mol. The molecule has 1 atom stereocenters. The Morgan fingerprint density at radius 3 is 1.85 bits per heavy atom. The van der Waals surface area contributed by atoms with Crippen LogP contribution in [0.3, 0.4) is 0 Å². The van der Waals surface area contributed by atoms with Crippen LogP contribution in [0.4, 0.5) is 14.4 Å². The third-order valence-electron chi connectivity index (χ3n) is 14.1. The van der Waals surface area contributed by atoms with E-state index in [0.717, 1.165) is 89.9 Å². The number of ether oxygens (including phenoxy) is 3. The van der Waals surface area contributed by atoms with Gasteiger partial charge in [0.1, 0.15) is 16.8 Å². The maximum absolute atomic E-state index is 14.1. The summed E-state index contributed by atoms with van der Waals surface area (Å²) in [6.07, 6.45) is 26.9. The second-order valence-electron chi connectivity index (χ2n) is 17.2. The van der Waals surface area contributed by atoms with Crippen molar-refractivity contribution in [3.63, 3.8) is 0 Å². The third kappa shape index (κ3) is 11.5. The lowest BCUT2D eigenvalue weighted by Gasteiger charge is -2.44. The van der Waals surface area contributed by atoms with Gasteiger partial charge in [0.05, 0.1) is 0 Å². The molecular weight excluding hydrogens is 665 g/mol. The molecule has 0 spiro atoms. The van der Waals surface area contributed by atoms with Crippen LogP contribution in [0.2, 0.25) is 0 Å². The molecular formula is C45H76N2O6. The van der Waals surface area contributed by atoms with Gasteiger partial charge >= 0.3 is 18.3 Å². The quantitative estimate of drug-likeness (QED) is 0.138. The Kier molecular flexibility index (Phi) is 16.7. The summed E-state index contributed by atoms with van der Waals surface area (Å²) in [5.41, 5.74) is -0.300. The molecule has 0 aromatic heterocycles. The summed E-state index contributed by atoms with van der Waals surface area (Å²) >= 11 is 0. The first-order chi connectivity index (χ1) is 25.5. The predicted molar refractivity (Wildman–Crippen MR) is 214 cm³/mol. The molecule has 0 heterocycles. The topological polar surface area (TPSA) is 85.4 Å². The second-order valence-corrected chi connectivity index (χ2v) is 17.2. The lowest BCUT2D eigenvalue weighted by atomic mass is 9.79. The van der Waals surface area contributed by atoms with Crippen LogP contribution in [0, 0.1) is 11.8 Å². The highest BCUT2D eigenvalue weighted by atomic mass is 16.6. The Balaban J connectivity index is 1.40. The lowest BCUT2D eigenvalue weighted by Crippen LogP contribution is -2.51. The number of imide groups is 1. The van der Waals surface area contributed by atoms with Crippen molar-refractivity contribution in [2.24, 2.45) is 11.8 Å². The predicted octanol–water partition coefficient (Wildman–Crippen LogP) is 12.8. The fourth-order valence-electron chi connectivity index (χ4n) is 9.79. The highest BCUT2D eigenvalue weighted by Crippen LogP contribution is 2.41. The van der Waals surface area contributed by atoms with Gasteiger partial charge in [0.2, 0.25) is 0 Å². The van der Waals surface area contributed by atoms with E-state index in [9.17, 15) is 14.4 Å². The van der Waals surface area contributed by atoms with E-state index in [1.807, 2.05) is 20.8 Å². The maximum Gasteiger partial charge on any atom is 0.419 e. The van der Waals surface area contributed by atoms with E-state index in [1.165, 1.54) is 29.7 Å². The molecule has 8 nitrogen and oxygen atoms in total. The summed E-state index contributed by atoms with van der Waals surface area (Å²) in [5.74, 6) is 0.949. The van der Waals surface area contributed by atoms with E-state index in [4.69, 9.17) is 14.2 Å². The molecule has 0 radical (unpaired) electrons. The second kappa shape index (κ2) is 20.4. The number of carbonyl (C=O) groups excluding carboxylic acids is 3. The SMILES string of the molecule is CCC(CC)(CC)OC(=O)N(CCC1=CC=CC(C)C1)C(=O)OC(CC)(CC)CCC1CCC(N(C(=O)OC2(CC)CCCC2)C2CCCCC2)CC1. The zero-order chi connectivity index (χ0) is 38.5. The molecule has 4 aliphatic carbocycles. The van der Waals surface area contributed by atoms with Crippen LogP contribution in [0.1, 0.15) is 196 Å². The summed E-state index contributed by atoms with van der Waals surface area (Å²) in [6.45, 7) is 14.9. The van der Waals surface area contributed by atoms with Crippen molar-refractivity contribution >= 4 is 18.3 Å². The van der Waals surface area contributed by atoms with Gasteiger partial charge in [-0.15, -0.1) is 0 Å². The first kappa shape index (κ1) is 43.2. The number of hydrogen-bond acceptors (Lipinski definition) is 6. The molecule has 0 saturated heterocycles. The van der Waals surface area contributed by atoms with E-state index in [-0.39, 0.29) is 24.3 Å². The summed E-state index contributed by atoms with van der Waals surface area (Å²) in [6, 6.07) is 0.525. The van der Waals surface area contributed by atoms with Crippen molar-refractivity contribution < 1.29 is 28.6 Å². The van der Waals surface area contributed by atoms with Crippen LogP contribution < -0.4 is 0 Å². The smallest absolute Gasteiger partial charge is 0.419 e. The van der Waals surface area contributed by atoms with Gasteiger partial charge in [0.15, 0.2) is 0 Å². The van der Waals surface area contributed by atoms with Crippen molar-refractivity contribution in [2.45, 2.75) is 225 Å². The number of nitrogens with zero attached hydrogens (tertiary/aromatic N) is 2. The molecule has 8 heteroatoms. The molecule has 3 fully saturated rings. The van der Waals surface area contributed by atoms with Crippen LogP contribution in [0.5, 0.6) is 0 Å². The lowest BCUT2D eigenvalue weighted by molar-refractivity contribution is -0.0427. The number of carbonyl (C=O) groups is 3. The molecule has 3 saturated carbocycles. The van der Waals surface area contributed by atoms with E-state index in [0.29, 0.717) is 56.4 Å². The van der Waals surface area contributed by atoms with Crippen molar-refractivity contribution in [3.8, 4) is 0 Å². The molecule has 53 heavy (non-hydrogen) atoms. The van der Waals surface area contributed by atoms with Crippen molar-refractivity contribution in [1.29, 1.82) is 0 Å². The summed E-state index contributed by atoms with van der Waals surface area (Å²) < 4.78 is 19.0. The summed E-state index contributed by atoms with van der Waals surface area (Å²) in [4.78, 5) is 45.3. The number of hydrogen-bond donors (Lipinski definition) is 0. The van der Waals surface area contributed by atoms with Gasteiger partial charge < -0.3 is 19.1 Å². The van der Waals surface area contributed by atoms with Gasteiger partial charge in [-0.05, 0) is 140 Å². The first-order valence-corrected chi connectivity index (χ1v) is 22.1. The molecule has 0 bridgehead atoms. The van der Waals surface area contributed by atoms with E-state index < -0.39 is 23.4 Å². The van der Waals surface area contributed by atoms with Gasteiger partial charge in [-0.2, -0.15) is 0 Å². The highest BCUT2D eigenvalue weighted by Gasteiger charge is 2.42. The van der Waals surface area contributed by atoms with Gasteiger partial charge in [-0.3, -0.25) is 0 Å². The Morgan fingerprint density at radius 2 is 1.30 bits per heavy atom. The number of amides is 3. The van der Waals surface area contributed by atoms with Crippen LogP contribution in [0.15, 0.2) is 23.8 Å². The maximum atomic E-state index is 14.1. The van der Waals surface area contributed by atoms with Crippen LogP contribution in [-0.4, -0.2) is 63.5 Å². The standard InChI is InChI=1S/C45H76N2O6/c1-8-43(9-2,10-3)51-40(48)46(33-29-37-21-19-20-35(7)34-37)41(49)52-44(11-4,12-5)32-28-36-24-26-39(27-25-36)47(38-22-15-14-16-23-38)42(50)53-45(13-6)30-17-18-31-45/h19-21,35-36,38-39H,8-18,22-34H2,1-7H3. The minimum Gasteiger partial charge on any atom is -0.443 e. The number of rotatable bonds is 17. The van der Waals surface area contributed by atoms with E-state index in [2.05, 4.69) is 50.8 Å². The summed E-state index contributed by atoms with van der Waals surface area (Å²) in [5, 5.41) is 0. The molecule has 3 amide bonds. The van der Waals surface area contributed by atoms with Crippen molar-refractivity contribution in [2.75, 3.05) is 6.54 Å². The molecule has 0 aromatic carbocycles. The minimum absolute atomic E-state index is 0.0603. The largest absolute Gasteiger partial charge is 0.443 e. The fraction of sp³-hybridized carbons (Fsp3) is 0.844. The molecule has 0 aromatic rings. The van der Waals surface area contributed by atoms with Crippen molar-refractivity contribution in [3.05, 3.63) is 23.8 Å². The average molecular weight is 741 g/mol. The average Bonchev–Trinajstić information content (AvgIpc) is 3.65. The zero-order valence-electron chi connectivity index (χ0n) is 34.9. The van der Waals surface area contributed by atoms with E-state index in [1.54, 1.807) is 0 Å². The van der Waals surface area contributed by atoms with E-state index >= 15 is 0 Å². The molecule has 4 aliphatic rings. The minimum atomic E-state index is -0.654. The summed E-state index contributed by atoms with van der Waals surface area (Å²) in [7, 11) is 0. The van der Waals surface area contributed by atoms with Gasteiger partial charge in [0.25, 0.3) is 0 Å². The van der Waals surface area contributed by atoms with Crippen molar-refractivity contribution in [1.82, 2.24) is 9.80 Å². The molecule has 302 valence electrons. The van der Waals surface area contributed by atoms with Crippen LogP contribution in [-0.2, 0) is 14.2 Å². The Hall–Kier alpha value is -2.51. The molecule has 1 unspecified atom stereocenters. The van der Waals surface area contributed by atoms with Gasteiger partial charge in [0, 0.05) is 18.6 Å². The Labute approximate surface area is 323 Å². The normalized spacial score (nSPS) is 23.6. The van der Waals surface area contributed by atoms with Crippen LogP contribution in [0.25, 0.3) is 0 Å². The molecule has 0 aliphatic heterocycles. The fourth-order valence-corrected chi connectivity index (χ4v) is 9.79. The third-order valence-corrected chi connectivity index (χ3v) is 14.1. The zero-order valence-corrected chi connectivity index (χ0v) is 34.9. The molecule has 4 rings (SSSR count). The first-order valence-electron chi connectivity index (χ1n) is 22.1. The van der Waals surface area contributed by atoms with Crippen LogP contribution >= 0.6 is 0 Å².